The Labute approximate surface area is 112 Å². The minimum atomic E-state index is -0.312. The number of hydrogen-bond acceptors (Lipinski definition) is 2. The van der Waals surface area contributed by atoms with Crippen LogP contribution in [0.3, 0.4) is 0 Å². The molecule has 0 saturated heterocycles. The first-order valence-electron chi connectivity index (χ1n) is 6.22. The van der Waals surface area contributed by atoms with Crippen molar-refractivity contribution in [2.24, 2.45) is 5.73 Å². The lowest BCUT2D eigenvalue weighted by Gasteiger charge is -2.07. The summed E-state index contributed by atoms with van der Waals surface area (Å²) in [4.78, 5) is 12.0. The molecule has 0 amide bonds. The standard InChI is InChI=1S/C16H16FNO/c17-15-7-3-4-12(8-15)9-16(19)10-13-5-1-2-6-14(13)11-18/h1-8H,9-11,18H2. The molecule has 0 radical (unpaired) electrons. The molecule has 0 aliphatic carbocycles. The van der Waals surface area contributed by atoms with Gasteiger partial charge in [0.15, 0.2) is 0 Å². The van der Waals surface area contributed by atoms with E-state index in [2.05, 4.69) is 0 Å². The van der Waals surface area contributed by atoms with Crippen LogP contribution < -0.4 is 5.73 Å². The summed E-state index contributed by atoms with van der Waals surface area (Å²) < 4.78 is 13.0. The molecular weight excluding hydrogens is 241 g/mol. The van der Waals surface area contributed by atoms with Gasteiger partial charge in [0.25, 0.3) is 0 Å². The predicted octanol–water partition coefficient (Wildman–Crippen LogP) is 2.64. The third-order valence-electron chi connectivity index (χ3n) is 3.02. The zero-order valence-electron chi connectivity index (χ0n) is 10.6. The normalized spacial score (nSPS) is 10.4. The summed E-state index contributed by atoms with van der Waals surface area (Å²) in [5.41, 5.74) is 8.27. The second-order valence-electron chi connectivity index (χ2n) is 4.49. The van der Waals surface area contributed by atoms with Gasteiger partial charge in [-0.1, -0.05) is 36.4 Å². The molecule has 0 unspecified atom stereocenters. The maximum absolute atomic E-state index is 13.0. The smallest absolute Gasteiger partial charge is 0.141 e. The maximum Gasteiger partial charge on any atom is 0.141 e. The van der Waals surface area contributed by atoms with Gasteiger partial charge in [-0.25, -0.2) is 4.39 Å². The first-order chi connectivity index (χ1) is 9.19. The van der Waals surface area contributed by atoms with E-state index in [-0.39, 0.29) is 18.0 Å². The van der Waals surface area contributed by atoms with Crippen LogP contribution in [-0.2, 0) is 24.2 Å². The number of carbonyl (C=O) groups excluding carboxylic acids is 1. The summed E-state index contributed by atoms with van der Waals surface area (Å²) in [6.07, 6.45) is 0.584. The van der Waals surface area contributed by atoms with Crippen LogP contribution >= 0.6 is 0 Å². The van der Waals surface area contributed by atoms with Gasteiger partial charge in [-0.15, -0.1) is 0 Å². The molecule has 0 heterocycles. The van der Waals surface area contributed by atoms with Crippen molar-refractivity contribution in [3.05, 3.63) is 71.0 Å². The van der Waals surface area contributed by atoms with Crippen molar-refractivity contribution < 1.29 is 9.18 Å². The van der Waals surface area contributed by atoms with E-state index in [0.29, 0.717) is 18.5 Å². The fourth-order valence-electron chi connectivity index (χ4n) is 2.08. The molecule has 0 aromatic heterocycles. The highest BCUT2D eigenvalue weighted by Crippen LogP contribution is 2.11. The molecule has 2 nitrogen and oxygen atoms in total. The van der Waals surface area contributed by atoms with Gasteiger partial charge in [-0.2, -0.15) is 0 Å². The van der Waals surface area contributed by atoms with Crippen LogP contribution in [0.5, 0.6) is 0 Å². The van der Waals surface area contributed by atoms with E-state index in [1.165, 1.54) is 12.1 Å². The zero-order chi connectivity index (χ0) is 13.7. The number of nitrogens with two attached hydrogens (primary N) is 1. The molecular formula is C16H16FNO. The molecule has 2 rings (SSSR count). The summed E-state index contributed by atoms with van der Waals surface area (Å²) >= 11 is 0. The number of carbonyl (C=O) groups is 1. The fourth-order valence-corrected chi connectivity index (χ4v) is 2.08. The van der Waals surface area contributed by atoms with Crippen LogP contribution in [0.25, 0.3) is 0 Å². The average Bonchev–Trinajstić information content (AvgIpc) is 2.39. The van der Waals surface area contributed by atoms with Crippen LogP contribution in [0, 0.1) is 5.82 Å². The topological polar surface area (TPSA) is 43.1 Å². The molecule has 0 spiro atoms. The van der Waals surface area contributed by atoms with Crippen molar-refractivity contribution in [2.75, 3.05) is 0 Å². The highest BCUT2D eigenvalue weighted by atomic mass is 19.1. The number of ketones is 1. The second kappa shape index (κ2) is 6.25. The van der Waals surface area contributed by atoms with Crippen LogP contribution in [0.2, 0.25) is 0 Å². The molecule has 2 aromatic carbocycles. The van der Waals surface area contributed by atoms with E-state index in [1.807, 2.05) is 24.3 Å². The molecule has 19 heavy (non-hydrogen) atoms. The summed E-state index contributed by atoms with van der Waals surface area (Å²) in [6.45, 7) is 0.420. The Balaban J connectivity index is 2.05. The Morgan fingerprint density at radius 1 is 1.00 bits per heavy atom. The van der Waals surface area contributed by atoms with Crippen LogP contribution in [0.15, 0.2) is 48.5 Å². The van der Waals surface area contributed by atoms with Crippen molar-refractivity contribution in [2.45, 2.75) is 19.4 Å². The van der Waals surface area contributed by atoms with Crippen molar-refractivity contribution in [3.63, 3.8) is 0 Å². The highest BCUT2D eigenvalue weighted by molar-refractivity contribution is 5.83. The lowest BCUT2D eigenvalue weighted by molar-refractivity contribution is -0.117. The summed E-state index contributed by atoms with van der Waals surface area (Å²) in [5.74, 6) is -0.251. The number of hydrogen-bond donors (Lipinski definition) is 1. The minimum absolute atomic E-state index is 0.0616. The number of rotatable bonds is 5. The van der Waals surface area contributed by atoms with Gasteiger partial charge in [0.1, 0.15) is 11.6 Å². The summed E-state index contributed by atoms with van der Waals surface area (Å²) in [6, 6.07) is 13.8. The first-order valence-corrected chi connectivity index (χ1v) is 6.22. The van der Waals surface area contributed by atoms with Crippen LogP contribution in [0.4, 0.5) is 4.39 Å². The van der Waals surface area contributed by atoms with Gasteiger partial charge in [-0.3, -0.25) is 4.79 Å². The minimum Gasteiger partial charge on any atom is -0.326 e. The Hall–Kier alpha value is -2.00. The predicted molar refractivity (Wildman–Crippen MR) is 73.1 cm³/mol. The number of benzene rings is 2. The lowest BCUT2D eigenvalue weighted by Crippen LogP contribution is -2.10. The lowest BCUT2D eigenvalue weighted by atomic mass is 9.99. The average molecular weight is 257 g/mol. The van der Waals surface area contributed by atoms with Gasteiger partial charge < -0.3 is 5.73 Å². The van der Waals surface area contributed by atoms with Crippen molar-refractivity contribution in [3.8, 4) is 0 Å². The molecule has 0 fully saturated rings. The SMILES string of the molecule is NCc1ccccc1CC(=O)Cc1cccc(F)c1. The van der Waals surface area contributed by atoms with Gasteiger partial charge in [0, 0.05) is 19.4 Å². The quantitative estimate of drug-likeness (QED) is 0.894. The van der Waals surface area contributed by atoms with E-state index in [0.717, 1.165) is 11.1 Å². The first kappa shape index (κ1) is 13.4. The number of Topliss-reactive ketones (excluding diaryl/α,β-unsaturated/α-hetero) is 1. The molecule has 2 aromatic rings. The second-order valence-corrected chi connectivity index (χ2v) is 4.49. The Morgan fingerprint density at radius 3 is 2.42 bits per heavy atom. The molecule has 0 atom stereocenters. The zero-order valence-corrected chi connectivity index (χ0v) is 10.6. The Bertz CT molecular complexity index is 580. The largest absolute Gasteiger partial charge is 0.326 e. The molecule has 0 aliphatic heterocycles. The molecule has 0 aliphatic rings. The van der Waals surface area contributed by atoms with Crippen molar-refractivity contribution >= 4 is 5.78 Å². The number of halogens is 1. The van der Waals surface area contributed by atoms with Gasteiger partial charge in [-0.05, 0) is 28.8 Å². The van der Waals surface area contributed by atoms with E-state index >= 15 is 0 Å². The third kappa shape index (κ3) is 3.73. The van der Waals surface area contributed by atoms with E-state index < -0.39 is 0 Å². The monoisotopic (exact) mass is 257 g/mol. The molecule has 98 valence electrons. The highest BCUT2D eigenvalue weighted by Gasteiger charge is 2.08. The van der Waals surface area contributed by atoms with E-state index in [1.54, 1.807) is 12.1 Å². The van der Waals surface area contributed by atoms with Crippen LogP contribution in [0.1, 0.15) is 16.7 Å². The van der Waals surface area contributed by atoms with Crippen molar-refractivity contribution in [1.29, 1.82) is 0 Å². The van der Waals surface area contributed by atoms with Crippen molar-refractivity contribution in [1.82, 2.24) is 0 Å². The summed E-state index contributed by atoms with van der Waals surface area (Å²) in [7, 11) is 0. The van der Waals surface area contributed by atoms with Crippen LogP contribution in [-0.4, -0.2) is 5.78 Å². The maximum atomic E-state index is 13.0. The molecule has 2 N–H and O–H groups in total. The third-order valence-corrected chi connectivity index (χ3v) is 3.02. The Kier molecular flexibility index (Phi) is 4.42. The molecule has 3 heteroatoms. The van der Waals surface area contributed by atoms with Gasteiger partial charge in [0.05, 0.1) is 0 Å². The molecule has 0 saturated carbocycles. The summed E-state index contributed by atoms with van der Waals surface area (Å²) in [5, 5.41) is 0. The Morgan fingerprint density at radius 2 is 1.74 bits per heavy atom. The fraction of sp³-hybridized carbons (Fsp3) is 0.188. The van der Waals surface area contributed by atoms with E-state index in [4.69, 9.17) is 5.73 Å². The van der Waals surface area contributed by atoms with Gasteiger partial charge >= 0.3 is 0 Å². The van der Waals surface area contributed by atoms with E-state index in [9.17, 15) is 9.18 Å². The van der Waals surface area contributed by atoms with Gasteiger partial charge in [0.2, 0.25) is 0 Å². The molecule has 0 bridgehead atoms.